The molecule has 2 rings (SSSR count). The van der Waals surface area contributed by atoms with Gasteiger partial charge in [-0.05, 0) is 19.1 Å². The molecule has 0 radical (unpaired) electrons. The van der Waals surface area contributed by atoms with Crippen molar-refractivity contribution in [1.82, 2.24) is 20.3 Å². The summed E-state index contributed by atoms with van der Waals surface area (Å²) in [6, 6.07) is 8.61. The SMILES string of the molecule is CC(Oc1ccccc1C#N)C(=O)NCc1cn(CC(=O)O)nn1. The van der Waals surface area contributed by atoms with E-state index in [0.29, 0.717) is 17.0 Å². The van der Waals surface area contributed by atoms with Crippen molar-refractivity contribution < 1.29 is 19.4 Å². The number of nitrogens with zero attached hydrogens (tertiary/aromatic N) is 4. The molecule has 0 bridgehead atoms. The van der Waals surface area contributed by atoms with Crippen LogP contribution in [0.15, 0.2) is 30.5 Å². The van der Waals surface area contributed by atoms with Crippen molar-refractivity contribution in [3.05, 3.63) is 41.7 Å². The summed E-state index contributed by atoms with van der Waals surface area (Å²) in [6.07, 6.45) is 0.624. The van der Waals surface area contributed by atoms with E-state index >= 15 is 0 Å². The second-order valence-electron chi connectivity index (χ2n) is 4.89. The number of aliphatic carboxylic acids is 1. The second kappa shape index (κ2) is 7.73. The van der Waals surface area contributed by atoms with Gasteiger partial charge in [-0.2, -0.15) is 5.26 Å². The second-order valence-corrected chi connectivity index (χ2v) is 4.89. The summed E-state index contributed by atoms with van der Waals surface area (Å²) >= 11 is 0. The Morgan fingerprint density at radius 1 is 1.46 bits per heavy atom. The number of carboxylic acids is 1. The first-order chi connectivity index (χ1) is 11.5. The van der Waals surface area contributed by atoms with E-state index in [2.05, 4.69) is 15.6 Å². The minimum Gasteiger partial charge on any atom is -0.480 e. The van der Waals surface area contributed by atoms with Crippen LogP contribution in [-0.2, 0) is 22.7 Å². The highest BCUT2D eigenvalue weighted by Crippen LogP contribution is 2.18. The molecule has 1 amide bonds. The maximum Gasteiger partial charge on any atom is 0.325 e. The molecule has 1 atom stereocenters. The van der Waals surface area contributed by atoms with Gasteiger partial charge in [-0.1, -0.05) is 17.3 Å². The standard InChI is InChI=1S/C15H15N5O4/c1-10(24-13-5-3-2-4-11(13)6-16)15(23)17-7-12-8-20(19-18-12)9-14(21)22/h2-5,8,10H,7,9H2,1H3,(H,17,23)(H,21,22). The summed E-state index contributed by atoms with van der Waals surface area (Å²) in [4.78, 5) is 22.6. The van der Waals surface area contributed by atoms with Gasteiger partial charge in [0, 0.05) is 0 Å². The zero-order valence-corrected chi connectivity index (χ0v) is 12.8. The first-order valence-electron chi connectivity index (χ1n) is 7.04. The van der Waals surface area contributed by atoms with E-state index in [0.717, 1.165) is 4.68 Å². The average Bonchev–Trinajstić information content (AvgIpc) is 2.99. The summed E-state index contributed by atoms with van der Waals surface area (Å²) in [5.74, 6) is -1.10. The third kappa shape index (κ3) is 4.54. The van der Waals surface area contributed by atoms with Gasteiger partial charge >= 0.3 is 5.97 Å². The zero-order chi connectivity index (χ0) is 17.5. The molecule has 1 aromatic heterocycles. The molecule has 2 aromatic rings. The Labute approximate surface area is 137 Å². The molecule has 0 saturated heterocycles. The Morgan fingerprint density at radius 2 is 2.21 bits per heavy atom. The monoisotopic (exact) mass is 329 g/mol. The van der Waals surface area contributed by atoms with E-state index < -0.39 is 18.0 Å². The van der Waals surface area contributed by atoms with E-state index in [1.807, 2.05) is 6.07 Å². The highest BCUT2D eigenvalue weighted by atomic mass is 16.5. The molecule has 1 unspecified atom stereocenters. The van der Waals surface area contributed by atoms with E-state index in [4.69, 9.17) is 15.1 Å². The molecule has 1 aromatic carbocycles. The number of carboxylic acid groups (broad SMARTS) is 1. The molecule has 124 valence electrons. The van der Waals surface area contributed by atoms with Crippen LogP contribution in [0.4, 0.5) is 0 Å². The van der Waals surface area contributed by atoms with Crippen molar-refractivity contribution >= 4 is 11.9 Å². The Balaban J connectivity index is 1.89. The van der Waals surface area contributed by atoms with Gasteiger partial charge in [0.25, 0.3) is 5.91 Å². The molecular formula is C15H15N5O4. The molecule has 24 heavy (non-hydrogen) atoms. The third-order valence-electron chi connectivity index (χ3n) is 3.01. The van der Waals surface area contributed by atoms with Crippen LogP contribution in [-0.4, -0.2) is 38.1 Å². The summed E-state index contributed by atoms with van der Waals surface area (Å²) < 4.78 is 6.65. The molecule has 1 heterocycles. The molecule has 2 N–H and O–H groups in total. The quantitative estimate of drug-likeness (QED) is 0.748. The van der Waals surface area contributed by atoms with Gasteiger partial charge in [-0.15, -0.1) is 5.10 Å². The topological polar surface area (TPSA) is 130 Å². The van der Waals surface area contributed by atoms with Crippen LogP contribution in [0.2, 0.25) is 0 Å². The first kappa shape index (κ1) is 17.0. The summed E-state index contributed by atoms with van der Waals surface area (Å²) in [7, 11) is 0. The van der Waals surface area contributed by atoms with Gasteiger partial charge in [0.15, 0.2) is 6.10 Å². The lowest BCUT2D eigenvalue weighted by molar-refractivity contribution is -0.138. The van der Waals surface area contributed by atoms with Crippen LogP contribution in [0.5, 0.6) is 5.75 Å². The predicted octanol–water partition coefficient (Wildman–Crippen LogP) is 0.318. The number of rotatable bonds is 7. The number of para-hydroxylation sites is 1. The van der Waals surface area contributed by atoms with Gasteiger partial charge in [-0.25, -0.2) is 4.68 Å². The van der Waals surface area contributed by atoms with Crippen LogP contribution in [0, 0.1) is 11.3 Å². The van der Waals surface area contributed by atoms with Crippen LogP contribution in [0.3, 0.4) is 0 Å². The Kier molecular flexibility index (Phi) is 5.46. The summed E-state index contributed by atoms with van der Waals surface area (Å²) in [6.45, 7) is 1.35. The van der Waals surface area contributed by atoms with Gasteiger partial charge < -0.3 is 15.2 Å². The van der Waals surface area contributed by atoms with E-state index in [1.165, 1.54) is 6.20 Å². The van der Waals surface area contributed by atoms with Crippen molar-refractivity contribution in [2.24, 2.45) is 0 Å². The summed E-state index contributed by atoms with van der Waals surface area (Å²) in [5, 5.41) is 27.7. The minimum atomic E-state index is -1.03. The Hall–Kier alpha value is -3.41. The lowest BCUT2D eigenvalue weighted by atomic mass is 10.2. The maximum atomic E-state index is 12.0. The predicted molar refractivity (Wildman–Crippen MR) is 80.8 cm³/mol. The molecule has 0 aliphatic carbocycles. The van der Waals surface area contributed by atoms with Crippen molar-refractivity contribution in [2.75, 3.05) is 0 Å². The molecule has 0 aliphatic rings. The van der Waals surface area contributed by atoms with Gasteiger partial charge in [-0.3, -0.25) is 9.59 Å². The van der Waals surface area contributed by atoms with Crippen molar-refractivity contribution in [3.63, 3.8) is 0 Å². The number of nitrogens with one attached hydrogen (secondary N) is 1. The maximum absolute atomic E-state index is 12.0. The number of hydrogen-bond donors (Lipinski definition) is 2. The molecule has 0 aliphatic heterocycles. The van der Waals surface area contributed by atoms with Gasteiger partial charge in [0.2, 0.25) is 0 Å². The minimum absolute atomic E-state index is 0.0893. The number of amides is 1. The molecule has 0 fully saturated rings. The highest BCUT2D eigenvalue weighted by molar-refractivity contribution is 5.80. The van der Waals surface area contributed by atoms with E-state index in [9.17, 15) is 9.59 Å². The zero-order valence-electron chi connectivity index (χ0n) is 12.8. The van der Waals surface area contributed by atoms with Crippen LogP contribution >= 0.6 is 0 Å². The number of carbonyl (C=O) groups excluding carboxylic acids is 1. The first-order valence-corrected chi connectivity index (χ1v) is 7.04. The molecule has 9 nitrogen and oxygen atoms in total. The smallest absolute Gasteiger partial charge is 0.325 e. The van der Waals surface area contributed by atoms with Gasteiger partial charge in [0.05, 0.1) is 18.3 Å². The lowest BCUT2D eigenvalue weighted by Gasteiger charge is -2.15. The largest absolute Gasteiger partial charge is 0.480 e. The Bertz CT molecular complexity index is 780. The fourth-order valence-corrected chi connectivity index (χ4v) is 1.86. The van der Waals surface area contributed by atoms with Gasteiger partial charge in [0.1, 0.15) is 24.1 Å². The number of hydrogen-bond acceptors (Lipinski definition) is 6. The average molecular weight is 329 g/mol. The summed E-state index contributed by atoms with van der Waals surface area (Å²) in [5.41, 5.74) is 0.767. The number of nitriles is 1. The number of aromatic nitrogens is 3. The van der Waals surface area contributed by atoms with E-state index in [-0.39, 0.29) is 13.1 Å². The fourth-order valence-electron chi connectivity index (χ4n) is 1.86. The molecule has 0 spiro atoms. The molecule has 0 saturated carbocycles. The van der Waals surface area contributed by atoms with E-state index in [1.54, 1.807) is 31.2 Å². The lowest BCUT2D eigenvalue weighted by Crippen LogP contribution is -2.36. The Morgan fingerprint density at radius 3 is 2.92 bits per heavy atom. The van der Waals surface area contributed by atoms with Crippen LogP contribution in [0.1, 0.15) is 18.2 Å². The third-order valence-corrected chi connectivity index (χ3v) is 3.01. The molecule has 9 heteroatoms. The van der Waals surface area contributed by atoms with Crippen LogP contribution in [0.25, 0.3) is 0 Å². The van der Waals surface area contributed by atoms with Crippen LogP contribution < -0.4 is 10.1 Å². The van der Waals surface area contributed by atoms with Crippen molar-refractivity contribution in [2.45, 2.75) is 26.1 Å². The van der Waals surface area contributed by atoms with Crippen molar-refractivity contribution in [3.8, 4) is 11.8 Å². The fraction of sp³-hybridized carbons (Fsp3) is 0.267. The molecular weight excluding hydrogens is 314 g/mol. The highest BCUT2D eigenvalue weighted by Gasteiger charge is 2.16. The number of carbonyl (C=O) groups is 2. The van der Waals surface area contributed by atoms with Crippen molar-refractivity contribution in [1.29, 1.82) is 5.26 Å². The number of benzene rings is 1. The normalized spacial score (nSPS) is 11.3. The number of ether oxygens (including phenoxy) is 1.